The van der Waals surface area contributed by atoms with Crippen LogP contribution in [0.15, 0.2) is 0 Å². The van der Waals surface area contributed by atoms with Gasteiger partial charge in [-0.05, 0) is 34.1 Å². The SMILES string of the molecule is CCCC(C)NC(=O)C(C)NCCC(=O)N(CC)CC. The fraction of sp³-hybridized carbons (Fsp3) is 0.867. The van der Waals surface area contributed by atoms with E-state index in [0.29, 0.717) is 13.0 Å². The minimum Gasteiger partial charge on any atom is -0.352 e. The molecule has 2 unspecified atom stereocenters. The molecule has 0 aromatic carbocycles. The van der Waals surface area contributed by atoms with E-state index in [1.807, 2.05) is 27.7 Å². The Morgan fingerprint density at radius 2 is 1.70 bits per heavy atom. The smallest absolute Gasteiger partial charge is 0.237 e. The molecule has 118 valence electrons. The molecule has 0 aromatic heterocycles. The Balaban J connectivity index is 3.95. The lowest BCUT2D eigenvalue weighted by atomic mass is 10.2. The van der Waals surface area contributed by atoms with Gasteiger partial charge in [-0.2, -0.15) is 0 Å². The number of rotatable bonds is 10. The fourth-order valence-corrected chi connectivity index (χ4v) is 2.10. The van der Waals surface area contributed by atoms with Gasteiger partial charge in [-0.25, -0.2) is 0 Å². The van der Waals surface area contributed by atoms with E-state index in [-0.39, 0.29) is 23.9 Å². The molecule has 0 spiro atoms. The van der Waals surface area contributed by atoms with Crippen molar-refractivity contribution < 1.29 is 9.59 Å². The Morgan fingerprint density at radius 3 is 2.20 bits per heavy atom. The summed E-state index contributed by atoms with van der Waals surface area (Å²) in [6.07, 6.45) is 2.48. The van der Waals surface area contributed by atoms with E-state index < -0.39 is 0 Å². The predicted molar refractivity (Wildman–Crippen MR) is 82.5 cm³/mol. The van der Waals surface area contributed by atoms with Crippen LogP contribution in [0.25, 0.3) is 0 Å². The van der Waals surface area contributed by atoms with E-state index in [9.17, 15) is 9.59 Å². The summed E-state index contributed by atoms with van der Waals surface area (Å²) in [7, 11) is 0. The molecule has 0 aromatic rings. The van der Waals surface area contributed by atoms with Crippen molar-refractivity contribution in [3.05, 3.63) is 0 Å². The molecule has 0 radical (unpaired) electrons. The van der Waals surface area contributed by atoms with Gasteiger partial charge in [0.1, 0.15) is 0 Å². The van der Waals surface area contributed by atoms with Crippen LogP contribution < -0.4 is 10.6 Å². The van der Waals surface area contributed by atoms with Gasteiger partial charge in [0.25, 0.3) is 0 Å². The molecule has 0 heterocycles. The largest absolute Gasteiger partial charge is 0.352 e. The average molecular weight is 285 g/mol. The van der Waals surface area contributed by atoms with Crippen LogP contribution in [0.2, 0.25) is 0 Å². The van der Waals surface area contributed by atoms with Crippen LogP contribution in [0, 0.1) is 0 Å². The summed E-state index contributed by atoms with van der Waals surface area (Å²) in [5, 5.41) is 6.07. The third-order valence-electron chi connectivity index (χ3n) is 3.41. The Hall–Kier alpha value is -1.10. The first kappa shape index (κ1) is 18.9. The van der Waals surface area contributed by atoms with Gasteiger partial charge < -0.3 is 15.5 Å². The third-order valence-corrected chi connectivity index (χ3v) is 3.41. The maximum absolute atomic E-state index is 11.9. The van der Waals surface area contributed by atoms with Crippen molar-refractivity contribution in [2.75, 3.05) is 19.6 Å². The molecular weight excluding hydrogens is 254 g/mol. The van der Waals surface area contributed by atoms with Crippen molar-refractivity contribution in [1.82, 2.24) is 15.5 Å². The normalized spacial score (nSPS) is 13.7. The maximum Gasteiger partial charge on any atom is 0.237 e. The zero-order chi connectivity index (χ0) is 15.5. The summed E-state index contributed by atoms with van der Waals surface area (Å²) in [4.78, 5) is 25.5. The Kier molecular flexibility index (Phi) is 10.1. The van der Waals surface area contributed by atoms with Gasteiger partial charge in [0.15, 0.2) is 0 Å². The quantitative estimate of drug-likeness (QED) is 0.640. The molecule has 2 N–H and O–H groups in total. The molecule has 5 nitrogen and oxygen atoms in total. The van der Waals surface area contributed by atoms with E-state index in [4.69, 9.17) is 0 Å². The molecular formula is C15H31N3O2. The van der Waals surface area contributed by atoms with E-state index in [2.05, 4.69) is 17.6 Å². The first-order chi connectivity index (χ1) is 9.46. The number of nitrogens with zero attached hydrogens (tertiary/aromatic N) is 1. The fourth-order valence-electron chi connectivity index (χ4n) is 2.10. The Bertz CT molecular complexity index is 291. The summed E-state index contributed by atoms with van der Waals surface area (Å²) in [6, 6.07) is -0.0622. The van der Waals surface area contributed by atoms with Crippen molar-refractivity contribution >= 4 is 11.8 Å². The van der Waals surface area contributed by atoms with E-state index in [0.717, 1.165) is 25.9 Å². The highest BCUT2D eigenvalue weighted by molar-refractivity contribution is 5.81. The topological polar surface area (TPSA) is 61.4 Å². The third kappa shape index (κ3) is 7.48. The zero-order valence-corrected chi connectivity index (χ0v) is 13.7. The van der Waals surface area contributed by atoms with E-state index in [1.165, 1.54) is 0 Å². The van der Waals surface area contributed by atoms with Crippen molar-refractivity contribution in [2.45, 2.75) is 66.0 Å². The van der Waals surface area contributed by atoms with Crippen molar-refractivity contribution in [1.29, 1.82) is 0 Å². The predicted octanol–water partition coefficient (Wildman–Crippen LogP) is 1.53. The van der Waals surface area contributed by atoms with Gasteiger partial charge in [-0.3, -0.25) is 9.59 Å². The van der Waals surface area contributed by atoms with Crippen LogP contribution in [0.1, 0.15) is 53.9 Å². The van der Waals surface area contributed by atoms with Gasteiger partial charge in [0.2, 0.25) is 11.8 Å². The summed E-state index contributed by atoms with van der Waals surface area (Å²) < 4.78 is 0. The second-order valence-corrected chi connectivity index (χ2v) is 5.19. The summed E-state index contributed by atoms with van der Waals surface area (Å²) >= 11 is 0. The van der Waals surface area contributed by atoms with Crippen molar-refractivity contribution in [3.63, 3.8) is 0 Å². The van der Waals surface area contributed by atoms with Gasteiger partial charge in [0.05, 0.1) is 6.04 Å². The lowest BCUT2D eigenvalue weighted by molar-refractivity contribution is -0.131. The lowest BCUT2D eigenvalue weighted by Crippen LogP contribution is -2.46. The van der Waals surface area contributed by atoms with Gasteiger partial charge >= 0.3 is 0 Å². The molecule has 0 saturated heterocycles. The van der Waals surface area contributed by atoms with Crippen LogP contribution in [0.4, 0.5) is 0 Å². The van der Waals surface area contributed by atoms with Crippen molar-refractivity contribution in [3.8, 4) is 0 Å². The molecule has 0 rings (SSSR count). The molecule has 0 aliphatic heterocycles. The average Bonchev–Trinajstić information content (AvgIpc) is 2.40. The number of carbonyl (C=O) groups excluding carboxylic acids is 2. The van der Waals surface area contributed by atoms with E-state index in [1.54, 1.807) is 4.90 Å². The monoisotopic (exact) mass is 285 g/mol. The highest BCUT2D eigenvalue weighted by Gasteiger charge is 2.15. The van der Waals surface area contributed by atoms with E-state index >= 15 is 0 Å². The second kappa shape index (κ2) is 10.7. The first-order valence-electron chi connectivity index (χ1n) is 7.77. The van der Waals surface area contributed by atoms with Gasteiger partial charge in [-0.1, -0.05) is 13.3 Å². The summed E-state index contributed by atoms with van der Waals surface area (Å²) in [5.41, 5.74) is 0. The number of hydrogen-bond donors (Lipinski definition) is 2. The van der Waals surface area contributed by atoms with Gasteiger partial charge in [0, 0.05) is 32.1 Å². The minimum absolute atomic E-state index is 0.00115. The maximum atomic E-state index is 11.9. The highest BCUT2D eigenvalue weighted by atomic mass is 16.2. The van der Waals surface area contributed by atoms with Crippen molar-refractivity contribution in [2.24, 2.45) is 0 Å². The second-order valence-electron chi connectivity index (χ2n) is 5.19. The molecule has 2 atom stereocenters. The minimum atomic E-state index is -0.265. The number of carbonyl (C=O) groups is 2. The van der Waals surface area contributed by atoms with Gasteiger partial charge in [-0.15, -0.1) is 0 Å². The molecule has 0 fully saturated rings. The first-order valence-corrected chi connectivity index (χ1v) is 7.77. The van der Waals surface area contributed by atoms with Crippen LogP contribution in [-0.4, -0.2) is 48.4 Å². The molecule has 0 saturated carbocycles. The zero-order valence-electron chi connectivity index (χ0n) is 13.7. The molecule has 2 amide bonds. The summed E-state index contributed by atoms with van der Waals surface area (Å²) in [6.45, 7) is 11.9. The van der Waals surface area contributed by atoms with Crippen LogP contribution >= 0.6 is 0 Å². The number of nitrogens with one attached hydrogen (secondary N) is 2. The highest BCUT2D eigenvalue weighted by Crippen LogP contribution is 1.97. The molecule has 5 heteroatoms. The molecule has 20 heavy (non-hydrogen) atoms. The molecule has 0 aliphatic carbocycles. The Morgan fingerprint density at radius 1 is 1.10 bits per heavy atom. The lowest BCUT2D eigenvalue weighted by Gasteiger charge is -2.20. The molecule has 0 bridgehead atoms. The van der Waals surface area contributed by atoms with Crippen LogP contribution in [0.5, 0.6) is 0 Å². The van der Waals surface area contributed by atoms with Crippen LogP contribution in [-0.2, 0) is 9.59 Å². The van der Waals surface area contributed by atoms with Crippen LogP contribution in [0.3, 0.4) is 0 Å². The number of hydrogen-bond acceptors (Lipinski definition) is 3. The standard InChI is InChI=1S/C15H31N3O2/c1-6-9-12(4)17-15(20)13(5)16-11-10-14(19)18(7-2)8-3/h12-13,16H,6-11H2,1-5H3,(H,17,20). The number of amides is 2. The summed E-state index contributed by atoms with van der Waals surface area (Å²) in [5.74, 6) is 0.135. The molecule has 0 aliphatic rings. The Labute approximate surface area is 123 Å².